The van der Waals surface area contributed by atoms with Crippen molar-refractivity contribution in [2.24, 2.45) is 0 Å². The third kappa shape index (κ3) is 4.75. The largest absolute Gasteiger partial charge is 0.707 e. The molecular weight excluding hydrogens is 398 g/mol. The SMILES string of the molecule is CC(C)NC(=O)c1ccc2c(-c3ccc(C(F)(F)F)cc3)ccc(OB(O)O)c2c1. The standard InChI is InChI=1S/C21H19BF3NO4/c1-12(2)26-20(27)14-5-8-17-16(9-10-19(18(17)11-14)30-22(28)29)13-3-6-15(7-4-13)21(23,24)25/h3-12,28-29H,1-2H3,(H,26,27). The van der Waals surface area contributed by atoms with Gasteiger partial charge in [-0.15, -0.1) is 0 Å². The van der Waals surface area contributed by atoms with E-state index in [1.807, 2.05) is 13.8 Å². The molecule has 0 spiro atoms. The summed E-state index contributed by atoms with van der Waals surface area (Å²) in [5, 5.41) is 22.2. The molecule has 0 atom stereocenters. The molecule has 3 rings (SSSR count). The summed E-state index contributed by atoms with van der Waals surface area (Å²) in [6, 6.07) is 12.5. The van der Waals surface area contributed by atoms with Crippen LogP contribution >= 0.6 is 0 Å². The number of rotatable bonds is 5. The fraction of sp³-hybridized carbons (Fsp3) is 0.190. The molecule has 9 heteroatoms. The molecule has 0 heterocycles. The Balaban J connectivity index is 2.13. The summed E-state index contributed by atoms with van der Waals surface area (Å²) in [5.41, 5.74) is 0.711. The molecule has 156 valence electrons. The lowest BCUT2D eigenvalue weighted by Gasteiger charge is -2.15. The molecule has 0 radical (unpaired) electrons. The lowest BCUT2D eigenvalue weighted by molar-refractivity contribution is -0.137. The maximum Gasteiger partial charge on any atom is 0.707 e. The Bertz CT molecular complexity index is 1070. The van der Waals surface area contributed by atoms with Gasteiger partial charge in [0.15, 0.2) is 0 Å². The van der Waals surface area contributed by atoms with Gasteiger partial charge >= 0.3 is 13.5 Å². The zero-order chi connectivity index (χ0) is 22.1. The first-order chi connectivity index (χ1) is 14.1. The number of halogens is 3. The molecule has 0 bridgehead atoms. The van der Waals surface area contributed by atoms with E-state index >= 15 is 0 Å². The summed E-state index contributed by atoms with van der Waals surface area (Å²) >= 11 is 0. The van der Waals surface area contributed by atoms with Crippen molar-refractivity contribution in [3.8, 4) is 16.9 Å². The van der Waals surface area contributed by atoms with Crippen LogP contribution in [0.1, 0.15) is 29.8 Å². The Labute approximate surface area is 171 Å². The minimum absolute atomic E-state index is 0.0818. The van der Waals surface area contributed by atoms with Crippen LogP contribution in [0.2, 0.25) is 0 Å². The summed E-state index contributed by atoms with van der Waals surface area (Å²) < 4.78 is 43.6. The van der Waals surface area contributed by atoms with Crippen LogP contribution in [-0.2, 0) is 6.18 Å². The molecule has 0 saturated heterocycles. The third-order valence-corrected chi connectivity index (χ3v) is 4.41. The molecule has 3 aromatic rings. The van der Waals surface area contributed by atoms with Crippen LogP contribution in [0.15, 0.2) is 54.6 Å². The van der Waals surface area contributed by atoms with E-state index in [0.29, 0.717) is 27.5 Å². The molecule has 0 fully saturated rings. The second-order valence-corrected chi connectivity index (χ2v) is 7.02. The van der Waals surface area contributed by atoms with Crippen LogP contribution in [0.4, 0.5) is 13.2 Å². The average molecular weight is 417 g/mol. The van der Waals surface area contributed by atoms with Gasteiger partial charge < -0.3 is 20.0 Å². The highest BCUT2D eigenvalue weighted by atomic mass is 19.4. The lowest BCUT2D eigenvalue weighted by atomic mass is 9.95. The number of amides is 1. The molecule has 1 amide bonds. The summed E-state index contributed by atoms with van der Waals surface area (Å²) in [7, 11) is -2.07. The number of alkyl halides is 3. The van der Waals surface area contributed by atoms with Gasteiger partial charge in [0.25, 0.3) is 5.91 Å². The van der Waals surface area contributed by atoms with Crippen molar-refractivity contribution in [1.82, 2.24) is 5.32 Å². The number of carbonyl (C=O) groups excluding carboxylic acids is 1. The second-order valence-electron chi connectivity index (χ2n) is 7.02. The van der Waals surface area contributed by atoms with Gasteiger partial charge in [-0.3, -0.25) is 4.79 Å². The van der Waals surface area contributed by atoms with Crippen molar-refractivity contribution in [3.05, 3.63) is 65.7 Å². The fourth-order valence-corrected chi connectivity index (χ4v) is 3.12. The smallest absolute Gasteiger partial charge is 0.512 e. The van der Waals surface area contributed by atoms with Crippen LogP contribution < -0.4 is 9.97 Å². The maximum atomic E-state index is 12.9. The van der Waals surface area contributed by atoms with Gasteiger partial charge in [-0.1, -0.05) is 24.3 Å². The van der Waals surface area contributed by atoms with Gasteiger partial charge in [0.1, 0.15) is 5.75 Å². The third-order valence-electron chi connectivity index (χ3n) is 4.41. The van der Waals surface area contributed by atoms with Crippen molar-refractivity contribution in [2.45, 2.75) is 26.1 Å². The van der Waals surface area contributed by atoms with Gasteiger partial charge in [0, 0.05) is 17.0 Å². The topological polar surface area (TPSA) is 78.8 Å². The van der Waals surface area contributed by atoms with Crippen LogP contribution in [0.5, 0.6) is 5.75 Å². The number of benzene rings is 3. The molecule has 0 aliphatic carbocycles. The zero-order valence-electron chi connectivity index (χ0n) is 16.2. The molecule has 5 nitrogen and oxygen atoms in total. The minimum atomic E-state index is -4.44. The lowest BCUT2D eigenvalue weighted by Crippen LogP contribution is -2.30. The predicted octanol–water partition coefficient (Wildman–Crippen LogP) is 4.01. The first-order valence-electron chi connectivity index (χ1n) is 9.14. The fourth-order valence-electron chi connectivity index (χ4n) is 3.12. The Hall–Kier alpha value is -3.04. The molecule has 0 unspecified atom stereocenters. The number of hydrogen-bond donors (Lipinski definition) is 3. The van der Waals surface area contributed by atoms with Crippen molar-refractivity contribution >= 4 is 24.0 Å². The summed E-state index contributed by atoms with van der Waals surface area (Å²) in [5.74, 6) is -0.197. The van der Waals surface area contributed by atoms with Crippen LogP contribution in [0.3, 0.4) is 0 Å². The molecule has 30 heavy (non-hydrogen) atoms. The monoisotopic (exact) mass is 417 g/mol. The number of nitrogens with one attached hydrogen (secondary N) is 1. The van der Waals surface area contributed by atoms with E-state index in [0.717, 1.165) is 12.1 Å². The Morgan fingerprint density at radius 1 is 1.00 bits per heavy atom. The predicted molar refractivity (Wildman–Crippen MR) is 108 cm³/mol. The van der Waals surface area contributed by atoms with Crippen LogP contribution in [-0.4, -0.2) is 29.3 Å². The first kappa shape index (κ1) is 21.7. The highest BCUT2D eigenvalue weighted by Crippen LogP contribution is 2.37. The highest BCUT2D eigenvalue weighted by Gasteiger charge is 2.30. The van der Waals surface area contributed by atoms with Gasteiger partial charge in [-0.25, -0.2) is 0 Å². The minimum Gasteiger partial charge on any atom is -0.512 e. The molecular formula is C21H19BF3NO4. The van der Waals surface area contributed by atoms with Gasteiger partial charge in [-0.05, 0) is 60.7 Å². The van der Waals surface area contributed by atoms with E-state index in [2.05, 4.69) is 5.32 Å². The van der Waals surface area contributed by atoms with Crippen molar-refractivity contribution < 1.29 is 32.7 Å². The van der Waals surface area contributed by atoms with Gasteiger partial charge in [0.2, 0.25) is 0 Å². The molecule has 0 saturated carbocycles. The van der Waals surface area contributed by atoms with E-state index in [-0.39, 0.29) is 17.7 Å². The van der Waals surface area contributed by atoms with E-state index in [1.165, 1.54) is 18.2 Å². The number of hydrogen-bond acceptors (Lipinski definition) is 4. The normalized spacial score (nSPS) is 11.6. The van der Waals surface area contributed by atoms with E-state index in [4.69, 9.17) is 4.65 Å². The molecule has 0 aliphatic heterocycles. The second kappa shape index (κ2) is 8.37. The molecule has 0 aliphatic rings. The molecule has 3 aromatic carbocycles. The first-order valence-corrected chi connectivity index (χ1v) is 9.14. The van der Waals surface area contributed by atoms with E-state index in [1.54, 1.807) is 24.3 Å². The van der Waals surface area contributed by atoms with Gasteiger partial charge in [0.05, 0.1) is 5.56 Å². The number of fused-ring (bicyclic) bond motifs is 1. The van der Waals surface area contributed by atoms with E-state index < -0.39 is 19.1 Å². The summed E-state index contributed by atoms with van der Waals surface area (Å²) in [4.78, 5) is 12.4. The molecule has 3 N–H and O–H groups in total. The van der Waals surface area contributed by atoms with Crippen molar-refractivity contribution in [2.75, 3.05) is 0 Å². The van der Waals surface area contributed by atoms with Crippen LogP contribution in [0.25, 0.3) is 21.9 Å². The Morgan fingerprint density at radius 3 is 2.23 bits per heavy atom. The molecule has 0 aromatic heterocycles. The van der Waals surface area contributed by atoms with Gasteiger partial charge in [-0.2, -0.15) is 13.2 Å². The van der Waals surface area contributed by atoms with Crippen molar-refractivity contribution in [3.63, 3.8) is 0 Å². The Kier molecular flexibility index (Phi) is 6.05. The zero-order valence-corrected chi connectivity index (χ0v) is 16.2. The average Bonchev–Trinajstić information content (AvgIpc) is 2.66. The van der Waals surface area contributed by atoms with E-state index in [9.17, 15) is 28.0 Å². The summed E-state index contributed by atoms with van der Waals surface area (Å²) in [6.07, 6.45) is -4.44. The quantitative estimate of drug-likeness (QED) is 0.549. The Morgan fingerprint density at radius 2 is 1.67 bits per heavy atom. The van der Waals surface area contributed by atoms with Crippen molar-refractivity contribution in [1.29, 1.82) is 0 Å². The summed E-state index contributed by atoms with van der Waals surface area (Å²) in [6.45, 7) is 3.64. The maximum absolute atomic E-state index is 12.9. The van der Waals surface area contributed by atoms with Crippen LogP contribution in [0, 0.1) is 0 Å². The highest BCUT2D eigenvalue weighted by molar-refractivity contribution is 6.34. The number of carbonyl (C=O) groups is 1.